The van der Waals surface area contributed by atoms with Crippen molar-refractivity contribution in [3.05, 3.63) is 45.8 Å². The molecule has 0 aliphatic carbocycles. The van der Waals surface area contributed by atoms with Crippen LogP contribution in [0.15, 0.2) is 18.2 Å². The number of rotatable bonds is 4. The molecule has 0 amide bonds. The van der Waals surface area contributed by atoms with E-state index < -0.39 is 0 Å². The molecule has 1 aromatic carbocycles. The van der Waals surface area contributed by atoms with Gasteiger partial charge in [-0.1, -0.05) is 12.1 Å². The molecule has 5 rings (SSSR count). The van der Waals surface area contributed by atoms with Crippen molar-refractivity contribution in [3.8, 4) is 5.75 Å². The standard InChI is InChI=1S/C22H25FN4O2S/c1-13-14(2)30-22-19(13)21(25-18(26-22)12-27-7-10-28-11-8-27)24-17-6-9-29-20-15(17)4-3-5-16(20)23/h3-5,17H,6-12H2,1-2H3,(H,24,25,26)/t17-/m0/s1. The Morgan fingerprint density at radius 3 is 2.87 bits per heavy atom. The molecule has 1 atom stereocenters. The summed E-state index contributed by atoms with van der Waals surface area (Å²) in [6.07, 6.45) is 0.753. The molecule has 3 aromatic rings. The number of halogens is 1. The van der Waals surface area contributed by atoms with Gasteiger partial charge in [-0.2, -0.15) is 0 Å². The number of para-hydroxylation sites is 1. The maximum atomic E-state index is 14.2. The summed E-state index contributed by atoms with van der Waals surface area (Å²) >= 11 is 1.70. The Bertz CT molecular complexity index is 1080. The van der Waals surface area contributed by atoms with Gasteiger partial charge in [0, 0.05) is 30.0 Å². The number of aryl methyl sites for hydroxylation is 2. The highest BCUT2D eigenvalue weighted by Crippen LogP contribution is 2.39. The van der Waals surface area contributed by atoms with Crippen molar-refractivity contribution in [2.24, 2.45) is 0 Å². The van der Waals surface area contributed by atoms with Gasteiger partial charge >= 0.3 is 0 Å². The summed E-state index contributed by atoms with van der Waals surface area (Å²) in [7, 11) is 0. The van der Waals surface area contributed by atoms with Gasteiger partial charge in [0.1, 0.15) is 16.5 Å². The summed E-state index contributed by atoms with van der Waals surface area (Å²) in [5.74, 6) is 1.66. The Kier molecular flexibility index (Phi) is 5.30. The van der Waals surface area contributed by atoms with Crippen molar-refractivity contribution in [3.63, 3.8) is 0 Å². The highest BCUT2D eigenvalue weighted by molar-refractivity contribution is 7.18. The Morgan fingerprint density at radius 2 is 2.03 bits per heavy atom. The summed E-state index contributed by atoms with van der Waals surface area (Å²) in [6, 6.07) is 5.04. The maximum Gasteiger partial charge on any atom is 0.165 e. The molecule has 0 saturated carbocycles. The molecular formula is C22H25FN4O2S. The first kappa shape index (κ1) is 19.7. The van der Waals surface area contributed by atoms with Gasteiger partial charge in [-0.3, -0.25) is 4.90 Å². The Morgan fingerprint density at radius 1 is 1.20 bits per heavy atom. The smallest absolute Gasteiger partial charge is 0.165 e. The fourth-order valence-electron chi connectivity index (χ4n) is 4.13. The lowest BCUT2D eigenvalue weighted by atomic mass is 10.00. The molecule has 8 heteroatoms. The normalized spacial score (nSPS) is 19.5. The average Bonchev–Trinajstić information content (AvgIpc) is 3.03. The van der Waals surface area contributed by atoms with Crippen molar-refractivity contribution < 1.29 is 13.9 Å². The van der Waals surface area contributed by atoms with E-state index in [1.165, 1.54) is 16.5 Å². The molecule has 1 fully saturated rings. The van der Waals surface area contributed by atoms with Crippen LogP contribution in [-0.4, -0.2) is 47.8 Å². The number of aromatic nitrogens is 2. The molecule has 2 aliphatic heterocycles. The lowest BCUT2D eigenvalue weighted by Gasteiger charge is -2.28. The number of morpholine rings is 1. The second-order valence-corrected chi connectivity index (χ2v) is 9.04. The first-order valence-electron chi connectivity index (χ1n) is 10.3. The number of fused-ring (bicyclic) bond motifs is 2. The summed E-state index contributed by atoms with van der Waals surface area (Å²) in [6.45, 7) is 8.67. The van der Waals surface area contributed by atoms with Crippen LogP contribution in [0.4, 0.5) is 10.2 Å². The third-order valence-corrected chi connectivity index (χ3v) is 6.98. The van der Waals surface area contributed by atoms with E-state index in [4.69, 9.17) is 19.4 Å². The molecule has 0 radical (unpaired) electrons. The number of anilines is 1. The summed E-state index contributed by atoms with van der Waals surface area (Å²) in [5, 5.41) is 4.67. The van der Waals surface area contributed by atoms with Crippen molar-refractivity contribution in [2.75, 3.05) is 38.2 Å². The lowest BCUT2D eigenvalue weighted by molar-refractivity contribution is 0.0331. The third kappa shape index (κ3) is 3.64. The topological polar surface area (TPSA) is 59.5 Å². The SMILES string of the molecule is Cc1sc2nc(CN3CCOCC3)nc(N[C@H]3CCOc4c(F)cccc43)c2c1C. The molecule has 0 bridgehead atoms. The zero-order valence-corrected chi connectivity index (χ0v) is 18.0. The van der Waals surface area contributed by atoms with Crippen molar-refractivity contribution in [2.45, 2.75) is 32.9 Å². The van der Waals surface area contributed by atoms with Crippen LogP contribution in [0.2, 0.25) is 0 Å². The molecule has 2 aliphatic rings. The van der Waals surface area contributed by atoms with E-state index in [1.54, 1.807) is 17.4 Å². The molecular weight excluding hydrogens is 403 g/mol. The predicted octanol–water partition coefficient (Wildman–Crippen LogP) is 4.22. The number of ether oxygens (including phenoxy) is 2. The van der Waals surface area contributed by atoms with Crippen LogP contribution in [0.25, 0.3) is 10.2 Å². The molecule has 30 heavy (non-hydrogen) atoms. The zero-order valence-electron chi connectivity index (χ0n) is 17.2. The highest BCUT2D eigenvalue weighted by Gasteiger charge is 2.26. The molecule has 0 unspecified atom stereocenters. The van der Waals surface area contributed by atoms with Gasteiger partial charge in [0.15, 0.2) is 11.6 Å². The van der Waals surface area contributed by atoms with Crippen LogP contribution in [0.3, 0.4) is 0 Å². The monoisotopic (exact) mass is 428 g/mol. The average molecular weight is 429 g/mol. The number of hydrogen-bond donors (Lipinski definition) is 1. The van der Waals surface area contributed by atoms with Crippen LogP contribution in [0.5, 0.6) is 5.75 Å². The molecule has 1 saturated heterocycles. The Labute approximate surface area is 179 Å². The van der Waals surface area contributed by atoms with Crippen LogP contribution in [0, 0.1) is 19.7 Å². The van der Waals surface area contributed by atoms with Crippen molar-refractivity contribution in [1.29, 1.82) is 0 Å². The zero-order chi connectivity index (χ0) is 20.7. The molecule has 4 heterocycles. The van der Waals surface area contributed by atoms with E-state index in [0.717, 1.165) is 60.1 Å². The van der Waals surface area contributed by atoms with Crippen LogP contribution >= 0.6 is 11.3 Å². The summed E-state index contributed by atoms with van der Waals surface area (Å²) in [5.41, 5.74) is 2.04. The van der Waals surface area contributed by atoms with Gasteiger partial charge in [0.05, 0.1) is 37.8 Å². The van der Waals surface area contributed by atoms with E-state index >= 15 is 0 Å². The minimum atomic E-state index is -0.317. The van der Waals surface area contributed by atoms with Gasteiger partial charge in [-0.15, -0.1) is 11.3 Å². The summed E-state index contributed by atoms with van der Waals surface area (Å²) in [4.78, 5) is 14.3. The van der Waals surface area contributed by atoms with Gasteiger partial charge in [0.25, 0.3) is 0 Å². The number of nitrogens with one attached hydrogen (secondary N) is 1. The fraction of sp³-hybridized carbons (Fsp3) is 0.455. The van der Waals surface area contributed by atoms with Crippen LogP contribution in [-0.2, 0) is 11.3 Å². The van der Waals surface area contributed by atoms with E-state index in [9.17, 15) is 4.39 Å². The fourth-order valence-corrected chi connectivity index (χ4v) is 5.18. The number of benzene rings is 1. The molecule has 6 nitrogen and oxygen atoms in total. The van der Waals surface area contributed by atoms with Gasteiger partial charge in [0.2, 0.25) is 0 Å². The molecule has 1 N–H and O–H groups in total. The Balaban J connectivity index is 1.52. The second kappa shape index (κ2) is 8.09. The first-order chi connectivity index (χ1) is 14.6. The number of nitrogens with zero attached hydrogens (tertiary/aromatic N) is 3. The van der Waals surface area contributed by atoms with Gasteiger partial charge in [-0.05, 0) is 25.5 Å². The molecule has 158 valence electrons. The minimum Gasteiger partial charge on any atom is -0.490 e. The maximum absolute atomic E-state index is 14.2. The predicted molar refractivity (Wildman–Crippen MR) is 116 cm³/mol. The molecule has 0 spiro atoms. The van der Waals surface area contributed by atoms with Crippen LogP contribution < -0.4 is 10.1 Å². The molecule has 2 aromatic heterocycles. The van der Waals surface area contributed by atoms with Crippen molar-refractivity contribution in [1.82, 2.24) is 14.9 Å². The summed E-state index contributed by atoms with van der Waals surface area (Å²) < 4.78 is 25.3. The lowest BCUT2D eigenvalue weighted by Crippen LogP contribution is -2.36. The number of thiophene rings is 1. The van der Waals surface area contributed by atoms with Crippen LogP contribution in [0.1, 0.15) is 34.3 Å². The van der Waals surface area contributed by atoms with E-state index in [2.05, 4.69) is 24.1 Å². The third-order valence-electron chi connectivity index (χ3n) is 5.88. The Hall–Kier alpha value is -2.29. The van der Waals surface area contributed by atoms with E-state index in [1.807, 2.05) is 6.07 Å². The first-order valence-corrected chi connectivity index (χ1v) is 11.2. The minimum absolute atomic E-state index is 0.0570. The largest absolute Gasteiger partial charge is 0.490 e. The van der Waals surface area contributed by atoms with Crippen molar-refractivity contribution >= 4 is 27.4 Å². The number of hydrogen-bond acceptors (Lipinski definition) is 7. The quantitative estimate of drug-likeness (QED) is 0.672. The van der Waals surface area contributed by atoms with E-state index in [0.29, 0.717) is 18.9 Å². The van der Waals surface area contributed by atoms with Gasteiger partial charge < -0.3 is 14.8 Å². The highest BCUT2D eigenvalue weighted by atomic mass is 32.1. The second-order valence-electron chi connectivity index (χ2n) is 7.83. The van der Waals surface area contributed by atoms with E-state index in [-0.39, 0.29) is 11.9 Å². The van der Waals surface area contributed by atoms with Gasteiger partial charge in [-0.25, -0.2) is 14.4 Å².